The molecule has 156 valence electrons. The fraction of sp³-hybridized carbons (Fsp3) is 0.545. The Morgan fingerprint density at radius 2 is 1.83 bits per heavy atom. The molecule has 0 amide bonds. The third-order valence-corrected chi connectivity index (χ3v) is 6.04. The van der Waals surface area contributed by atoms with Gasteiger partial charge in [0.25, 0.3) is 0 Å². The number of ether oxygens (including phenoxy) is 2. The van der Waals surface area contributed by atoms with Crippen molar-refractivity contribution >= 4 is 17.5 Å². The second-order valence-corrected chi connectivity index (χ2v) is 7.87. The van der Waals surface area contributed by atoms with Gasteiger partial charge < -0.3 is 25.0 Å². The third kappa shape index (κ3) is 4.90. The first kappa shape index (κ1) is 19.8. The largest absolute Gasteiger partial charge is 0.497 e. The van der Waals surface area contributed by atoms with Crippen LogP contribution in [0.25, 0.3) is 0 Å². The van der Waals surface area contributed by atoms with Gasteiger partial charge in [-0.15, -0.1) is 0 Å². The molecule has 0 aliphatic carbocycles. The number of piperidine rings is 2. The van der Waals surface area contributed by atoms with Crippen LogP contribution in [0.2, 0.25) is 0 Å². The smallest absolute Gasteiger partial charge is 0.229 e. The van der Waals surface area contributed by atoms with Crippen molar-refractivity contribution < 1.29 is 9.47 Å². The van der Waals surface area contributed by atoms with Crippen LogP contribution < -0.4 is 20.1 Å². The molecule has 7 heteroatoms. The highest BCUT2D eigenvalue weighted by atomic mass is 16.5. The molecule has 2 aliphatic rings. The highest BCUT2D eigenvalue weighted by Gasteiger charge is 2.32. The first-order valence-electron chi connectivity index (χ1n) is 10.6. The Hall–Kier alpha value is -2.54. The number of methoxy groups -OCH3 is 2. The van der Waals surface area contributed by atoms with Crippen LogP contribution in [0.3, 0.4) is 0 Å². The Labute approximate surface area is 172 Å². The van der Waals surface area contributed by atoms with Crippen molar-refractivity contribution in [3.8, 4) is 11.5 Å². The van der Waals surface area contributed by atoms with E-state index < -0.39 is 0 Å². The molecule has 3 heterocycles. The maximum Gasteiger partial charge on any atom is 0.229 e. The number of hydrogen-bond donors (Lipinski definition) is 2. The SMILES string of the molecule is COc1cc(Nc2nccc(NC[C@@H]3CCCN4CCCCC34)n2)cc(OC)c1. The van der Waals surface area contributed by atoms with E-state index in [1.165, 1.54) is 45.2 Å². The van der Waals surface area contributed by atoms with Crippen LogP contribution in [0.4, 0.5) is 17.5 Å². The van der Waals surface area contributed by atoms with E-state index in [0.717, 1.165) is 35.6 Å². The van der Waals surface area contributed by atoms with E-state index in [0.29, 0.717) is 11.9 Å². The molecular weight excluding hydrogens is 366 g/mol. The molecule has 2 fully saturated rings. The van der Waals surface area contributed by atoms with Crippen molar-refractivity contribution in [2.45, 2.75) is 38.1 Å². The van der Waals surface area contributed by atoms with Gasteiger partial charge in [-0.2, -0.15) is 4.98 Å². The summed E-state index contributed by atoms with van der Waals surface area (Å²) in [6.07, 6.45) is 8.43. The van der Waals surface area contributed by atoms with E-state index in [2.05, 4.69) is 25.5 Å². The Morgan fingerprint density at radius 3 is 2.62 bits per heavy atom. The fourth-order valence-electron chi connectivity index (χ4n) is 4.58. The summed E-state index contributed by atoms with van der Waals surface area (Å²) in [4.78, 5) is 11.7. The van der Waals surface area contributed by atoms with Crippen LogP contribution in [0, 0.1) is 5.92 Å². The summed E-state index contributed by atoms with van der Waals surface area (Å²) >= 11 is 0. The topological polar surface area (TPSA) is 71.5 Å². The predicted molar refractivity (Wildman–Crippen MR) is 115 cm³/mol. The lowest BCUT2D eigenvalue weighted by atomic mass is 9.83. The second-order valence-electron chi connectivity index (χ2n) is 7.87. The van der Waals surface area contributed by atoms with Crippen LogP contribution in [0.15, 0.2) is 30.5 Å². The van der Waals surface area contributed by atoms with Gasteiger partial charge in [-0.1, -0.05) is 6.42 Å². The van der Waals surface area contributed by atoms with Crippen molar-refractivity contribution in [3.05, 3.63) is 30.5 Å². The van der Waals surface area contributed by atoms with Gasteiger partial charge in [0.2, 0.25) is 5.95 Å². The van der Waals surface area contributed by atoms with E-state index in [1.54, 1.807) is 20.4 Å². The van der Waals surface area contributed by atoms with Gasteiger partial charge >= 0.3 is 0 Å². The normalized spacial score (nSPS) is 21.9. The van der Waals surface area contributed by atoms with Crippen LogP contribution in [-0.2, 0) is 0 Å². The Balaban J connectivity index is 1.40. The van der Waals surface area contributed by atoms with Crippen LogP contribution >= 0.6 is 0 Å². The number of benzene rings is 1. The minimum Gasteiger partial charge on any atom is -0.497 e. The van der Waals surface area contributed by atoms with E-state index >= 15 is 0 Å². The van der Waals surface area contributed by atoms with E-state index in [1.807, 2.05) is 24.3 Å². The summed E-state index contributed by atoms with van der Waals surface area (Å²) < 4.78 is 10.7. The second kappa shape index (κ2) is 9.31. The molecule has 0 spiro atoms. The van der Waals surface area contributed by atoms with Crippen molar-refractivity contribution in [3.63, 3.8) is 0 Å². The van der Waals surface area contributed by atoms with Crippen LogP contribution in [0.5, 0.6) is 11.5 Å². The van der Waals surface area contributed by atoms with E-state index in [-0.39, 0.29) is 0 Å². The Morgan fingerprint density at radius 1 is 1.03 bits per heavy atom. The van der Waals surface area contributed by atoms with Gasteiger partial charge in [0.05, 0.1) is 14.2 Å². The van der Waals surface area contributed by atoms with Gasteiger partial charge in [0.15, 0.2) is 0 Å². The number of anilines is 3. The molecule has 1 unspecified atom stereocenters. The average Bonchev–Trinajstić information content (AvgIpc) is 2.77. The van der Waals surface area contributed by atoms with Crippen molar-refractivity contribution in [1.82, 2.24) is 14.9 Å². The molecule has 2 N–H and O–H groups in total. The number of aromatic nitrogens is 2. The number of nitrogens with one attached hydrogen (secondary N) is 2. The zero-order valence-corrected chi connectivity index (χ0v) is 17.4. The average molecular weight is 398 g/mol. The van der Waals surface area contributed by atoms with E-state index in [4.69, 9.17) is 9.47 Å². The number of hydrogen-bond acceptors (Lipinski definition) is 7. The summed E-state index contributed by atoms with van der Waals surface area (Å²) in [7, 11) is 3.27. The first-order chi connectivity index (χ1) is 14.2. The standard InChI is InChI=1S/C22H31N5O2/c1-28-18-12-17(13-19(14-18)29-2)25-22-23-9-8-21(26-22)24-15-16-6-5-11-27-10-4-3-7-20(16)27/h8-9,12-14,16,20H,3-7,10-11,15H2,1-2H3,(H2,23,24,25,26)/t16-,20?/m0/s1. The molecule has 29 heavy (non-hydrogen) atoms. The van der Waals surface area contributed by atoms with Gasteiger partial charge in [0, 0.05) is 42.7 Å². The van der Waals surface area contributed by atoms with Gasteiger partial charge in [-0.25, -0.2) is 4.98 Å². The maximum atomic E-state index is 5.33. The van der Waals surface area contributed by atoms with Gasteiger partial charge in [-0.3, -0.25) is 0 Å². The summed E-state index contributed by atoms with van der Waals surface area (Å²) in [5.74, 6) is 3.53. The molecule has 1 aromatic carbocycles. The summed E-state index contributed by atoms with van der Waals surface area (Å²) in [6, 6.07) is 8.28. The summed E-state index contributed by atoms with van der Waals surface area (Å²) in [5.41, 5.74) is 0.823. The molecule has 0 radical (unpaired) electrons. The molecule has 2 atom stereocenters. The van der Waals surface area contributed by atoms with Crippen LogP contribution in [0.1, 0.15) is 32.1 Å². The minimum atomic E-state index is 0.549. The lowest BCUT2D eigenvalue weighted by molar-refractivity contribution is 0.0649. The Kier molecular flexibility index (Phi) is 6.34. The predicted octanol–water partition coefficient (Wildman–Crippen LogP) is 3.91. The molecule has 2 aromatic rings. The molecule has 7 nitrogen and oxygen atoms in total. The molecule has 0 saturated carbocycles. The molecule has 2 aliphatic heterocycles. The number of nitrogens with zero attached hydrogens (tertiary/aromatic N) is 3. The molecule has 1 aromatic heterocycles. The third-order valence-electron chi connectivity index (χ3n) is 6.04. The lowest BCUT2D eigenvalue weighted by Crippen LogP contribution is -2.49. The van der Waals surface area contributed by atoms with Crippen molar-refractivity contribution in [2.24, 2.45) is 5.92 Å². The van der Waals surface area contributed by atoms with Gasteiger partial charge in [-0.05, 0) is 50.8 Å². The minimum absolute atomic E-state index is 0.549. The zero-order chi connectivity index (χ0) is 20.1. The molecular formula is C22H31N5O2. The number of fused-ring (bicyclic) bond motifs is 1. The first-order valence-corrected chi connectivity index (χ1v) is 10.6. The van der Waals surface area contributed by atoms with Crippen LogP contribution in [-0.4, -0.2) is 54.8 Å². The Bertz CT molecular complexity index is 791. The highest BCUT2D eigenvalue weighted by molar-refractivity contribution is 5.60. The highest BCUT2D eigenvalue weighted by Crippen LogP contribution is 2.31. The molecule has 4 rings (SSSR count). The van der Waals surface area contributed by atoms with Crippen molar-refractivity contribution in [2.75, 3.05) is 44.5 Å². The number of rotatable bonds is 7. The van der Waals surface area contributed by atoms with E-state index in [9.17, 15) is 0 Å². The lowest BCUT2D eigenvalue weighted by Gasteiger charge is -2.44. The maximum absolute atomic E-state index is 5.33. The molecule has 2 saturated heterocycles. The van der Waals surface area contributed by atoms with Crippen molar-refractivity contribution in [1.29, 1.82) is 0 Å². The zero-order valence-electron chi connectivity index (χ0n) is 17.4. The fourth-order valence-corrected chi connectivity index (χ4v) is 4.58. The summed E-state index contributed by atoms with van der Waals surface area (Å²) in [5, 5.41) is 6.80. The molecule has 0 bridgehead atoms. The van der Waals surface area contributed by atoms with Gasteiger partial charge in [0.1, 0.15) is 17.3 Å². The quantitative estimate of drug-likeness (QED) is 0.734. The summed E-state index contributed by atoms with van der Waals surface area (Å²) in [6.45, 7) is 3.50. The monoisotopic (exact) mass is 397 g/mol.